The number of ketones is 5. The van der Waals surface area contributed by atoms with Gasteiger partial charge in [0.2, 0.25) is 5.78 Å². The second-order valence-corrected chi connectivity index (χ2v) is 9.83. The summed E-state index contributed by atoms with van der Waals surface area (Å²) in [6.45, 7) is -1.55. The van der Waals surface area contributed by atoms with Crippen molar-refractivity contribution in [3.05, 3.63) is 112 Å². The molecule has 0 fully saturated rings. The fraction of sp³-hybridized carbons (Fsp3) is 0.242. The summed E-state index contributed by atoms with van der Waals surface area (Å²) in [5.41, 5.74) is 0.709. The quantitative estimate of drug-likeness (QED) is 0.159. The van der Waals surface area contributed by atoms with Crippen molar-refractivity contribution in [1.29, 1.82) is 0 Å². The summed E-state index contributed by atoms with van der Waals surface area (Å²) in [5.74, 6) is -5.26. The van der Waals surface area contributed by atoms with E-state index in [1.165, 1.54) is 36.4 Å². The highest BCUT2D eigenvalue weighted by atomic mass is 19.1. The lowest BCUT2D eigenvalue weighted by Gasteiger charge is -2.22. The molecule has 1 aliphatic carbocycles. The van der Waals surface area contributed by atoms with E-state index >= 15 is 0 Å². The highest BCUT2D eigenvalue weighted by Crippen LogP contribution is 2.32. The Hall–Kier alpha value is -4.76. The second-order valence-electron chi connectivity index (χ2n) is 9.83. The number of allylic oxidation sites excluding steroid dienone is 2. The maximum absolute atomic E-state index is 14.0. The summed E-state index contributed by atoms with van der Waals surface area (Å²) in [6.07, 6.45) is 0.657. The molecule has 8 nitrogen and oxygen atoms in total. The Morgan fingerprint density at radius 1 is 0.810 bits per heavy atom. The van der Waals surface area contributed by atoms with E-state index in [0.29, 0.717) is 24.8 Å². The zero-order valence-electron chi connectivity index (χ0n) is 22.7. The lowest BCUT2D eigenvalue weighted by Crippen LogP contribution is -2.30. The molecule has 0 saturated heterocycles. The fourth-order valence-corrected chi connectivity index (χ4v) is 4.81. The Kier molecular flexibility index (Phi) is 9.88. The van der Waals surface area contributed by atoms with Crippen LogP contribution in [0.15, 0.2) is 84.1 Å². The summed E-state index contributed by atoms with van der Waals surface area (Å²) in [7, 11) is 0. The highest BCUT2D eigenvalue weighted by Gasteiger charge is 2.38. The van der Waals surface area contributed by atoms with Crippen LogP contribution in [0.4, 0.5) is 4.39 Å². The van der Waals surface area contributed by atoms with Crippen LogP contribution in [-0.2, 0) is 11.2 Å². The van der Waals surface area contributed by atoms with Crippen molar-refractivity contribution in [1.82, 2.24) is 0 Å². The number of fused-ring (bicyclic) bond motifs is 1. The zero-order valence-corrected chi connectivity index (χ0v) is 22.7. The number of unbranched alkanes of at least 4 members (excludes halogenated alkanes) is 1. The first-order chi connectivity index (χ1) is 20.3. The number of halogens is 1. The van der Waals surface area contributed by atoms with Crippen LogP contribution in [0.25, 0.3) is 0 Å². The van der Waals surface area contributed by atoms with Gasteiger partial charge in [0.1, 0.15) is 19.0 Å². The minimum absolute atomic E-state index is 0.0337. The molecule has 3 aromatic rings. The average Bonchev–Trinajstić information content (AvgIpc) is 3.02. The molecule has 0 amide bonds. The van der Waals surface area contributed by atoms with Crippen molar-refractivity contribution in [3.63, 3.8) is 0 Å². The number of carbonyl (C=O) groups excluding carboxylic acids is 5. The van der Waals surface area contributed by atoms with Crippen LogP contribution in [-0.4, -0.2) is 59.0 Å². The molecule has 0 aliphatic heterocycles. The van der Waals surface area contributed by atoms with E-state index in [-0.39, 0.29) is 40.2 Å². The number of aliphatic hydroxyl groups is 2. The first-order valence-electron chi connectivity index (χ1n) is 13.4. The summed E-state index contributed by atoms with van der Waals surface area (Å²) < 4.78 is 18.0. The van der Waals surface area contributed by atoms with E-state index in [4.69, 9.17) is 9.84 Å². The molecule has 2 N–H and O–H groups in total. The highest BCUT2D eigenvalue weighted by molar-refractivity contribution is 6.27. The summed E-state index contributed by atoms with van der Waals surface area (Å²) in [4.78, 5) is 65.5. The number of rotatable bonds is 14. The largest absolute Gasteiger partial charge is 0.504 e. The number of aryl methyl sites for hydroxylation is 1. The van der Waals surface area contributed by atoms with Crippen LogP contribution in [0, 0.1) is 5.92 Å². The van der Waals surface area contributed by atoms with E-state index in [0.717, 1.165) is 0 Å². The lowest BCUT2D eigenvalue weighted by molar-refractivity contribution is -0.123. The minimum atomic E-state index is -1.48. The molecule has 0 bridgehead atoms. The third-order valence-electron chi connectivity index (χ3n) is 7.06. The van der Waals surface area contributed by atoms with E-state index < -0.39 is 60.3 Å². The molecule has 4 rings (SSSR count). The Bertz CT molecular complexity index is 1550. The molecular weight excluding hydrogens is 543 g/mol. The monoisotopic (exact) mass is 572 g/mol. The van der Waals surface area contributed by atoms with Crippen LogP contribution in [0.5, 0.6) is 5.75 Å². The molecule has 0 aromatic heterocycles. The lowest BCUT2D eigenvalue weighted by atomic mass is 9.79. The molecule has 0 heterocycles. The fourth-order valence-electron chi connectivity index (χ4n) is 4.81. The molecule has 0 saturated carbocycles. The molecule has 42 heavy (non-hydrogen) atoms. The molecular formula is C33H29FO8. The standard InChI is InChI=1S/C33H29FO8/c34-16-6-5-8-20-7-1-2-9-24(20)30(38)27(29(37)21-12-14-23(15-13-21)42-19-22(36)18-35)17-28-31(39)25-10-3-4-11-26(25)32(40)33(28)41/h1-4,7,9-15,27,35,41H,5-6,8,16-19H2. The van der Waals surface area contributed by atoms with Gasteiger partial charge in [-0.15, -0.1) is 0 Å². The van der Waals surface area contributed by atoms with Crippen LogP contribution in [0.2, 0.25) is 0 Å². The molecule has 9 heteroatoms. The third-order valence-corrected chi connectivity index (χ3v) is 7.06. The van der Waals surface area contributed by atoms with Crippen LogP contribution >= 0.6 is 0 Å². The van der Waals surface area contributed by atoms with Crippen LogP contribution < -0.4 is 4.74 Å². The van der Waals surface area contributed by atoms with Crippen molar-refractivity contribution in [3.8, 4) is 5.75 Å². The van der Waals surface area contributed by atoms with E-state index in [9.17, 15) is 33.5 Å². The van der Waals surface area contributed by atoms with Gasteiger partial charge in [-0.2, -0.15) is 0 Å². The topological polar surface area (TPSA) is 135 Å². The van der Waals surface area contributed by atoms with Crippen LogP contribution in [0.1, 0.15) is 66.3 Å². The third kappa shape index (κ3) is 6.58. The number of hydrogen-bond donors (Lipinski definition) is 2. The van der Waals surface area contributed by atoms with Gasteiger partial charge >= 0.3 is 0 Å². The van der Waals surface area contributed by atoms with Gasteiger partial charge in [-0.1, -0.05) is 48.5 Å². The predicted molar refractivity (Wildman–Crippen MR) is 151 cm³/mol. The van der Waals surface area contributed by atoms with Crippen molar-refractivity contribution < 1.29 is 43.3 Å². The normalized spacial score (nSPS) is 13.5. The van der Waals surface area contributed by atoms with Gasteiger partial charge < -0.3 is 14.9 Å². The Morgan fingerprint density at radius 2 is 1.45 bits per heavy atom. The first-order valence-corrected chi connectivity index (χ1v) is 13.4. The summed E-state index contributed by atoms with van der Waals surface area (Å²) >= 11 is 0. The molecule has 0 spiro atoms. The zero-order chi connectivity index (χ0) is 30.2. The Labute approximate surface area is 241 Å². The molecule has 1 aliphatic rings. The van der Waals surface area contributed by atoms with Gasteiger partial charge in [-0.3, -0.25) is 28.4 Å². The number of carbonyl (C=O) groups is 5. The predicted octanol–water partition coefficient (Wildman–Crippen LogP) is 4.88. The second kappa shape index (κ2) is 13.7. The smallest absolute Gasteiger partial charge is 0.228 e. The van der Waals surface area contributed by atoms with Crippen molar-refractivity contribution in [2.75, 3.05) is 19.9 Å². The average molecular weight is 573 g/mol. The first kappa shape index (κ1) is 30.2. The number of hydrogen-bond acceptors (Lipinski definition) is 8. The Morgan fingerprint density at radius 3 is 2.12 bits per heavy atom. The Balaban J connectivity index is 1.71. The SMILES string of the molecule is O=C(CO)COc1ccc(C(=O)C(CC2=C(O)C(=O)c3ccccc3C2=O)C(=O)c2ccccc2CCCCF)cc1. The summed E-state index contributed by atoms with van der Waals surface area (Å²) in [6, 6.07) is 18.3. The van der Waals surface area contributed by atoms with Gasteiger partial charge in [-0.05, 0) is 55.5 Å². The van der Waals surface area contributed by atoms with Crippen molar-refractivity contribution in [2.24, 2.45) is 5.92 Å². The molecule has 3 aromatic carbocycles. The van der Waals surface area contributed by atoms with Gasteiger partial charge in [-0.25, -0.2) is 0 Å². The number of benzene rings is 3. The van der Waals surface area contributed by atoms with Crippen molar-refractivity contribution in [2.45, 2.75) is 25.7 Å². The molecule has 1 atom stereocenters. The maximum atomic E-state index is 14.0. The number of ether oxygens (including phenoxy) is 1. The van der Waals surface area contributed by atoms with Crippen LogP contribution in [0.3, 0.4) is 0 Å². The van der Waals surface area contributed by atoms with E-state index in [1.807, 2.05) is 0 Å². The van der Waals surface area contributed by atoms with E-state index in [1.54, 1.807) is 36.4 Å². The van der Waals surface area contributed by atoms with Gasteiger partial charge in [0.05, 0.1) is 12.6 Å². The van der Waals surface area contributed by atoms with Gasteiger partial charge in [0.25, 0.3) is 0 Å². The number of aliphatic hydroxyl groups excluding tert-OH is 2. The molecule has 216 valence electrons. The van der Waals surface area contributed by atoms with Gasteiger partial charge in [0, 0.05) is 27.8 Å². The maximum Gasteiger partial charge on any atom is 0.228 e. The minimum Gasteiger partial charge on any atom is -0.504 e. The molecule has 0 radical (unpaired) electrons. The van der Waals surface area contributed by atoms with Crippen molar-refractivity contribution >= 4 is 28.9 Å². The number of Topliss-reactive ketones (excluding diaryl/α,β-unsaturated/α-hetero) is 5. The number of alkyl halides is 1. The van der Waals surface area contributed by atoms with E-state index in [2.05, 4.69) is 0 Å². The summed E-state index contributed by atoms with van der Waals surface area (Å²) in [5, 5.41) is 19.6. The molecule has 1 unspecified atom stereocenters. The van der Waals surface area contributed by atoms with Gasteiger partial charge in [0.15, 0.2) is 28.9 Å².